The summed E-state index contributed by atoms with van der Waals surface area (Å²) < 4.78 is 5.40. The van der Waals surface area contributed by atoms with Crippen LogP contribution in [0.4, 0.5) is 0 Å². The molecule has 0 heterocycles. The molecule has 1 aromatic rings. The largest absolute Gasteiger partial charge is 0.481 e. The van der Waals surface area contributed by atoms with E-state index >= 15 is 0 Å². The quantitative estimate of drug-likeness (QED) is 0.510. The highest BCUT2D eigenvalue weighted by atomic mass is 16.5. The highest BCUT2D eigenvalue weighted by molar-refractivity contribution is 5.28. The summed E-state index contributed by atoms with van der Waals surface area (Å²) in [5.41, 5.74) is 1.24. The molecule has 0 bridgehead atoms. The summed E-state index contributed by atoms with van der Waals surface area (Å²) in [4.78, 5) is 0. The molecule has 1 rings (SSSR count). The van der Waals surface area contributed by atoms with E-state index in [1.54, 1.807) is 0 Å². The average molecular weight is 259 g/mol. The normalized spacial score (nSPS) is 10.1. The fourth-order valence-corrected chi connectivity index (χ4v) is 1.96. The third-order valence-electron chi connectivity index (χ3n) is 3.01. The molecule has 0 atom stereocenters. The second-order valence-electron chi connectivity index (χ2n) is 4.73. The van der Waals surface area contributed by atoms with Gasteiger partial charge < -0.3 is 10.1 Å². The van der Waals surface area contributed by atoms with E-state index < -0.39 is 0 Å². The highest BCUT2D eigenvalue weighted by Crippen LogP contribution is 2.13. The van der Waals surface area contributed by atoms with Gasteiger partial charge in [-0.3, -0.25) is 0 Å². The van der Waals surface area contributed by atoms with Gasteiger partial charge >= 0.3 is 0 Å². The van der Waals surface area contributed by atoms with Crippen LogP contribution in [0.3, 0.4) is 0 Å². The van der Waals surface area contributed by atoms with E-state index in [-0.39, 0.29) is 0 Å². The maximum atomic E-state index is 5.40. The first-order chi connectivity index (χ1) is 9.36. The molecule has 0 radical (unpaired) electrons. The van der Waals surface area contributed by atoms with E-state index in [0.717, 1.165) is 18.8 Å². The van der Waals surface area contributed by atoms with E-state index in [2.05, 4.69) is 24.2 Å². The Morgan fingerprint density at radius 2 is 2.05 bits per heavy atom. The van der Waals surface area contributed by atoms with Gasteiger partial charge in [0.1, 0.15) is 12.4 Å². The number of hydrogen-bond acceptors (Lipinski definition) is 2. The maximum Gasteiger partial charge on any atom is 0.148 e. The summed E-state index contributed by atoms with van der Waals surface area (Å²) in [6.07, 6.45) is 11.8. The molecule has 0 spiro atoms. The van der Waals surface area contributed by atoms with Gasteiger partial charge in [0.2, 0.25) is 0 Å². The van der Waals surface area contributed by atoms with Crippen LogP contribution in [0.15, 0.2) is 24.3 Å². The molecule has 0 unspecified atom stereocenters. The van der Waals surface area contributed by atoms with Gasteiger partial charge in [-0.15, -0.1) is 6.42 Å². The lowest BCUT2D eigenvalue weighted by atomic mass is 10.1. The van der Waals surface area contributed by atoms with Crippen LogP contribution in [0.1, 0.15) is 44.6 Å². The van der Waals surface area contributed by atoms with Gasteiger partial charge in [-0.1, -0.05) is 50.7 Å². The lowest BCUT2D eigenvalue weighted by molar-refractivity contribution is 0.370. The molecule has 19 heavy (non-hydrogen) atoms. The summed E-state index contributed by atoms with van der Waals surface area (Å²) in [6, 6.07) is 8.09. The van der Waals surface area contributed by atoms with Crippen molar-refractivity contribution < 1.29 is 4.74 Å². The van der Waals surface area contributed by atoms with Crippen molar-refractivity contribution in [2.24, 2.45) is 0 Å². The number of hydrogen-bond donors (Lipinski definition) is 1. The summed E-state index contributed by atoms with van der Waals surface area (Å²) in [6.45, 7) is 4.54. The van der Waals surface area contributed by atoms with Crippen LogP contribution >= 0.6 is 0 Å². The zero-order valence-corrected chi connectivity index (χ0v) is 12.0. The van der Waals surface area contributed by atoms with Gasteiger partial charge in [-0.2, -0.15) is 0 Å². The van der Waals surface area contributed by atoms with E-state index in [4.69, 9.17) is 11.2 Å². The van der Waals surface area contributed by atoms with Crippen LogP contribution < -0.4 is 10.1 Å². The highest BCUT2D eigenvalue weighted by Gasteiger charge is 1.96. The molecule has 0 aliphatic carbocycles. The van der Waals surface area contributed by atoms with Crippen molar-refractivity contribution in [3.8, 4) is 18.1 Å². The van der Waals surface area contributed by atoms with Gasteiger partial charge in [-0.25, -0.2) is 0 Å². The van der Waals surface area contributed by atoms with Crippen LogP contribution in [0.2, 0.25) is 0 Å². The third kappa shape index (κ3) is 7.54. The molecule has 2 nitrogen and oxygen atoms in total. The first-order valence-corrected chi connectivity index (χ1v) is 7.22. The molecule has 0 aromatic heterocycles. The Morgan fingerprint density at radius 3 is 2.84 bits per heavy atom. The smallest absolute Gasteiger partial charge is 0.148 e. The monoisotopic (exact) mass is 259 g/mol. The molecular formula is C17H25NO. The van der Waals surface area contributed by atoms with Crippen molar-refractivity contribution in [2.75, 3.05) is 13.2 Å². The number of rotatable bonds is 10. The standard InChI is InChI=1S/C17H25NO/c1-3-5-6-7-8-12-18-15-16-10-9-11-17(14-16)19-13-4-2/h2,9-11,14,18H,3,5-8,12-13,15H2,1H3. The van der Waals surface area contributed by atoms with Crippen LogP contribution in [0, 0.1) is 12.3 Å². The summed E-state index contributed by atoms with van der Waals surface area (Å²) in [5, 5.41) is 3.47. The predicted molar refractivity (Wildman–Crippen MR) is 81.2 cm³/mol. The molecule has 0 amide bonds. The molecule has 104 valence electrons. The van der Waals surface area contributed by atoms with Crippen molar-refractivity contribution in [1.82, 2.24) is 5.32 Å². The first-order valence-electron chi connectivity index (χ1n) is 7.22. The van der Waals surface area contributed by atoms with E-state index in [9.17, 15) is 0 Å². The summed E-state index contributed by atoms with van der Waals surface area (Å²) in [7, 11) is 0. The van der Waals surface area contributed by atoms with Crippen LogP contribution in [0.25, 0.3) is 0 Å². The zero-order valence-electron chi connectivity index (χ0n) is 12.0. The van der Waals surface area contributed by atoms with E-state index in [0.29, 0.717) is 6.61 Å². The fourth-order valence-electron chi connectivity index (χ4n) is 1.96. The Morgan fingerprint density at radius 1 is 1.21 bits per heavy atom. The minimum atomic E-state index is 0.328. The molecule has 0 saturated heterocycles. The number of ether oxygens (including phenoxy) is 1. The van der Waals surface area contributed by atoms with Gasteiger partial charge in [0.15, 0.2) is 0 Å². The molecule has 0 aliphatic rings. The molecule has 1 N–H and O–H groups in total. The minimum Gasteiger partial charge on any atom is -0.481 e. The molecule has 0 aliphatic heterocycles. The third-order valence-corrected chi connectivity index (χ3v) is 3.01. The predicted octanol–water partition coefficient (Wildman–Crippen LogP) is 3.76. The van der Waals surface area contributed by atoms with E-state index in [1.165, 1.54) is 37.7 Å². The van der Waals surface area contributed by atoms with Crippen molar-refractivity contribution in [3.63, 3.8) is 0 Å². The number of terminal acetylenes is 1. The average Bonchev–Trinajstić information content (AvgIpc) is 2.44. The van der Waals surface area contributed by atoms with Gasteiger partial charge in [-0.05, 0) is 30.7 Å². The van der Waals surface area contributed by atoms with Crippen molar-refractivity contribution in [2.45, 2.75) is 45.6 Å². The molecule has 0 fully saturated rings. The molecular weight excluding hydrogens is 234 g/mol. The number of benzene rings is 1. The first kappa shape index (κ1) is 15.6. The Labute approximate surface area is 117 Å². The molecule has 2 heteroatoms. The number of unbranched alkanes of at least 4 members (excludes halogenated alkanes) is 4. The summed E-state index contributed by atoms with van der Waals surface area (Å²) in [5.74, 6) is 3.32. The Kier molecular flexibility index (Phi) is 8.59. The Balaban J connectivity index is 2.16. The van der Waals surface area contributed by atoms with Gasteiger partial charge in [0.05, 0.1) is 0 Å². The minimum absolute atomic E-state index is 0.328. The van der Waals surface area contributed by atoms with E-state index in [1.807, 2.05) is 18.2 Å². The molecule has 1 aromatic carbocycles. The Hall–Kier alpha value is -1.46. The van der Waals surface area contributed by atoms with Gasteiger partial charge in [0.25, 0.3) is 0 Å². The van der Waals surface area contributed by atoms with Crippen LogP contribution in [-0.4, -0.2) is 13.2 Å². The summed E-state index contributed by atoms with van der Waals surface area (Å²) >= 11 is 0. The second kappa shape index (κ2) is 10.5. The lowest BCUT2D eigenvalue weighted by Crippen LogP contribution is -2.14. The fraction of sp³-hybridized carbons (Fsp3) is 0.529. The maximum absolute atomic E-state index is 5.40. The Bertz CT molecular complexity index is 381. The lowest BCUT2D eigenvalue weighted by Gasteiger charge is -2.07. The van der Waals surface area contributed by atoms with Crippen molar-refractivity contribution >= 4 is 0 Å². The SMILES string of the molecule is C#CCOc1cccc(CNCCCCCCC)c1. The van der Waals surface area contributed by atoms with Crippen LogP contribution in [0.5, 0.6) is 5.75 Å². The zero-order chi connectivity index (χ0) is 13.8. The molecule has 0 saturated carbocycles. The van der Waals surface area contributed by atoms with Crippen LogP contribution in [-0.2, 0) is 6.54 Å². The van der Waals surface area contributed by atoms with Crippen molar-refractivity contribution in [1.29, 1.82) is 0 Å². The van der Waals surface area contributed by atoms with Gasteiger partial charge in [0, 0.05) is 6.54 Å². The topological polar surface area (TPSA) is 21.3 Å². The van der Waals surface area contributed by atoms with Crippen molar-refractivity contribution in [3.05, 3.63) is 29.8 Å². The second-order valence-corrected chi connectivity index (χ2v) is 4.73. The number of nitrogens with one attached hydrogen (secondary N) is 1.